The van der Waals surface area contributed by atoms with Crippen LogP contribution >= 0.6 is 34.4 Å². The lowest BCUT2D eigenvalue weighted by Gasteiger charge is -2.08. The number of amides is 1. The smallest absolute Gasteiger partial charge is 0.234 e. The summed E-state index contributed by atoms with van der Waals surface area (Å²) in [6, 6.07) is 16.2. The van der Waals surface area contributed by atoms with Gasteiger partial charge in [-0.3, -0.25) is 4.79 Å². The number of hydrogen-bond acceptors (Lipinski definition) is 3. The van der Waals surface area contributed by atoms with Crippen molar-refractivity contribution in [1.29, 1.82) is 0 Å². The monoisotopic (exact) mass is 477 g/mol. The van der Waals surface area contributed by atoms with Crippen LogP contribution in [0.3, 0.4) is 0 Å². The Balaban J connectivity index is 1.57. The van der Waals surface area contributed by atoms with Crippen molar-refractivity contribution < 1.29 is 4.79 Å². The van der Waals surface area contributed by atoms with Gasteiger partial charge in [-0.2, -0.15) is 0 Å². The minimum Gasteiger partial charge on any atom is -0.337 e. The molecule has 3 aromatic rings. The Morgan fingerprint density at radius 3 is 2.69 bits per heavy atom. The van der Waals surface area contributed by atoms with Gasteiger partial charge in [0, 0.05) is 21.4 Å². The molecule has 4 nitrogen and oxygen atoms in total. The van der Waals surface area contributed by atoms with Crippen LogP contribution in [0, 0.1) is 17.4 Å². The van der Waals surface area contributed by atoms with Crippen molar-refractivity contribution in [1.82, 2.24) is 9.97 Å². The van der Waals surface area contributed by atoms with E-state index in [1.54, 1.807) is 0 Å². The van der Waals surface area contributed by atoms with E-state index < -0.39 is 0 Å². The highest BCUT2D eigenvalue weighted by Crippen LogP contribution is 2.21. The summed E-state index contributed by atoms with van der Waals surface area (Å²) < 4.78 is 1.16. The summed E-state index contributed by atoms with van der Waals surface area (Å²) in [5.74, 6) is 0.293. The SMILES string of the molecule is Cc1cc(I)ccc1NC(=O)CSc1nc(Cc2ccccc2)c(C)[nH]1. The molecular weight excluding hydrogens is 457 g/mol. The number of anilines is 1. The maximum Gasteiger partial charge on any atom is 0.234 e. The first-order chi connectivity index (χ1) is 12.5. The van der Waals surface area contributed by atoms with Crippen LogP contribution in [0.25, 0.3) is 0 Å². The molecule has 1 aromatic heterocycles. The van der Waals surface area contributed by atoms with Crippen molar-refractivity contribution in [3.63, 3.8) is 0 Å². The van der Waals surface area contributed by atoms with Gasteiger partial charge in [0.1, 0.15) is 0 Å². The largest absolute Gasteiger partial charge is 0.337 e. The Morgan fingerprint density at radius 1 is 1.19 bits per heavy atom. The van der Waals surface area contributed by atoms with E-state index in [1.165, 1.54) is 17.3 Å². The predicted molar refractivity (Wildman–Crippen MR) is 116 cm³/mol. The van der Waals surface area contributed by atoms with E-state index in [0.717, 1.165) is 37.8 Å². The minimum atomic E-state index is -0.0297. The summed E-state index contributed by atoms with van der Waals surface area (Å²) in [4.78, 5) is 20.1. The molecular formula is C20H20IN3OS. The number of carbonyl (C=O) groups is 1. The van der Waals surface area contributed by atoms with Gasteiger partial charge in [-0.25, -0.2) is 4.98 Å². The molecule has 134 valence electrons. The number of benzene rings is 2. The van der Waals surface area contributed by atoms with Crippen LogP contribution in [-0.2, 0) is 11.2 Å². The third-order valence-corrected chi connectivity index (χ3v) is 5.53. The van der Waals surface area contributed by atoms with Gasteiger partial charge < -0.3 is 10.3 Å². The van der Waals surface area contributed by atoms with Gasteiger partial charge in [-0.1, -0.05) is 42.1 Å². The van der Waals surface area contributed by atoms with Crippen LogP contribution in [0.15, 0.2) is 53.7 Å². The quantitative estimate of drug-likeness (QED) is 0.390. The average Bonchev–Trinajstić information content (AvgIpc) is 2.96. The molecule has 3 rings (SSSR count). The van der Waals surface area contributed by atoms with Crippen molar-refractivity contribution in [3.8, 4) is 0 Å². The molecule has 2 aromatic carbocycles. The molecule has 0 atom stereocenters. The molecule has 0 aliphatic heterocycles. The summed E-state index contributed by atoms with van der Waals surface area (Å²) in [5, 5.41) is 3.74. The van der Waals surface area contributed by atoms with Crippen LogP contribution in [-0.4, -0.2) is 21.6 Å². The zero-order valence-electron chi connectivity index (χ0n) is 14.7. The fourth-order valence-electron chi connectivity index (χ4n) is 2.58. The normalized spacial score (nSPS) is 10.7. The van der Waals surface area contributed by atoms with Crippen molar-refractivity contribution in [2.45, 2.75) is 25.4 Å². The molecule has 0 radical (unpaired) electrons. The first kappa shape index (κ1) is 19.0. The number of nitrogens with zero attached hydrogens (tertiary/aromatic N) is 1. The number of H-pyrrole nitrogens is 1. The molecule has 0 fully saturated rings. The maximum absolute atomic E-state index is 12.2. The Morgan fingerprint density at radius 2 is 1.96 bits per heavy atom. The molecule has 0 spiro atoms. The third kappa shape index (κ3) is 5.11. The van der Waals surface area contributed by atoms with Crippen molar-refractivity contribution >= 4 is 45.9 Å². The summed E-state index contributed by atoms with van der Waals surface area (Å²) >= 11 is 3.69. The van der Waals surface area contributed by atoms with Gasteiger partial charge in [0.15, 0.2) is 5.16 Å². The van der Waals surface area contributed by atoms with Crippen molar-refractivity contribution in [3.05, 3.63) is 74.6 Å². The van der Waals surface area contributed by atoms with Crippen LogP contribution in [0.4, 0.5) is 5.69 Å². The van der Waals surface area contributed by atoms with Crippen LogP contribution in [0.2, 0.25) is 0 Å². The first-order valence-electron chi connectivity index (χ1n) is 8.29. The predicted octanol–water partition coefficient (Wildman–Crippen LogP) is 4.95. The Kier molecular flexibility index (Phi) is 6.37. The lowest BCUT2D eigenvalue weighted by atomic mass is 10.1. The first-order valence-corrected chi connectivity index (χ1v) is 10.4. The zero-order chi connectivity index (χ0) is 18.5. The number of imidazole rings is 1. The van der Waals surface area contributed by atoms with Gasteiger partial charge in [-0.15, -0.1) is 0 Å². The molecule has 0 aliphatic carbocycles. The number of aryl methyl sites for hydroxylation is 2. The minimum absolute atomic E-state index is 0.0297. The van der Waals surface area contributed by atoms with Gasteiger partial charge >= 0.3 is 0 Å². The summed E-state index contributed by atoms with van der Waals surface area (Å²) in [7, 11) is 0. The maximum atomic E-state index is 12.2. The summed E-state index contributed by atoms with van der Waals surface area (Å²) in [6.45, 7) is 4.01. The molecule has 0 bridgehead atoms. The molecule has 1 heterocycles. The zero-order valence-corrected chi connectivity index (χ0v) is 17.6. The van der Waals surface area contributed by atoms with E-state index in [2.05, 4.69) is 56.1 Å². The number of aromatic amines is 1. The van der Waals surface area contributed by atoms with E-state index >= 15 is 0 Å². The molecule has 26 heavy (non-hydrogen) atoms. The number of hydrogen-bond donors (Lipinski definition) is 2. The highest BCUT2D eigenvalue weighted by atomic mass is 127. The standard InChI is InChI=1S/C20H20IN3OS/c1-13-10-16(21)8-9-17(13)23-19(25)12-26-20-22-14(2)18(24-20)11-15-6-4-3-5-7-15/h3-10H,11-12H2,1-2H3,(H,22,24)(H,23,25). The Hall–Kier alpha value is -1.80. The second kappa shape index (κ2) is 8.73. The van der Waals surface area contributed by atoms with E-state index in [1.807, 2.05) is 44.2 Å². The van der Waals surface area contributed by atoms with E-state index in [0.29, 0.717) is 5.75 Å². The second-order valence-corrected chi connectivity index (χ2v) is 8.28. The molecule has 0 aliphatic rings. The number of carbonyl (C=O) groups excluding carboxylic acids is 1. The molecule has 6 heteroatoms. The lowest BCUT2D eigenvalue weighted by Crippen LogP contribution is -2.15. The van der Waals surface area contributed by atoms with Crippen LogP contribution in [0.5, 0.6) is 0 Å². The topological polar surface area (TPSA) is 57.8 Å². The van der Waals surface area contributed by atoms with Crippen molar-refractivity contribution in [2.75, 3.05) is 11.1 Å². The Labute approximate surface area is 171 Å². The number of aromatic nitrogens is 2. The van der Waals surface area contributed by atoms with Gasteiger partial charge in [0.25, 0.3) is 0 Å². The summed E-state index contributed by atoms with van der Waals surface area (Å²) in [6.07, 6.45) is 0.789. The highest BCUT2D eigenvalue weighted by molar-refractivity contribution is 14.1. The number of thioether (sulfide) groups is 1. The van der Waals surface area contributed by atoms with Gasteiger partial charge in [0.2, 0.25) is 5.91 Å². The van der Waals surface area contributed by atoms with Crippen LogP contribution in [0.1, 0.15) is 22.5 Å². The van der Waals surface area contributed by atoms with Crippen molar-refractivity contribution in [2.24, 2.45) is 0 Å². The molecule has 1 amide bonds. The fourth-order valence-corrected chi connectivity index (χ4v) is 3.97. The third-order valence-electron chi connectivity index (χ3n) is 3.98. The molecule has 0 saturated heterocycles. The molecule has 0 unspecified atom stereocenters. The molecule has 0 saturated carbocycles. The summed E-state index contributed by atoms with van der Waals surface area (Å²) in [5.41, 5.74) is 5.22. The van der Waals surface area contributed by atoms with E-state index in [4.69, 9.17) is 0 Å². The fraction of sp³-hybridized carbons (Fsp3) is 0.200. The number of rotatable bonds is 6. The van der Waals surface area contributed by atoms with Crippen LogP contribution < -0.4 is 5.32 Å². The van der Waals surface area contributed by atoms with Gasteiger partial charge in [0.05, 0.1) is 11.4 Å². The Bertz CT molecular complexity index is 909. The number of halogens is 1. The van der Waals surface area contributed by atoms with E-state index in [9.17, 15) is 4.79 Å². The average molecular weight is 477 g/mol. The van der Waals surface area contributed by atoms with Gasteiger partial charge in [-0.05, 0) is 65.8 Å². The lowest BCUT2D eigenvalue weighted by molar-refractivity contribution is -0.113. The van der Waals surface area contributed by atoms with E-state index in [-0.39, 0.29) is 5.91 Å². The highest BCUT2D eigenvalue weighted by Gasteiger charge is 2.11. The molecule has 2 N–H and O–H groups in total. The number of nitrogens with one attached hydrogen (secondary N) is 2. The second-order valence-electron chi connectivity index (χ2n) is 6.07.